The van der Waals surface area contributed by atoms with E-state index in [1.807, 2.05) is 6.92 Å². The minimum absolute atomic E-state index is 0.0829. The van der Waals surface area contributed by atoms with E-state index in [1.54, 1.807) is 7.11 Å². The summed E-state index contributed by atoms with van der Waals surface area (Å²) in [5, 5.41) is 3.84. The van der Waals surface area contributed by atoms with Gasteiger partial charge in [0.05, 0.1) is 25.4 Å². The highest BCUT2D eigenvalue weighted by molar-refractivity contribution is 8.33. The predicted octanol–water partition coefficient (Wildman–Crippen LogP) is 5.68. The van der Waals surface area contributed by atoms with Crippen molar-refractivity contribution in [2.45, 2.75) is 50.0 Å². The molecule has 6 heteroatoms. The Morgan fingerprint density at radius 1 is 1.03 bits per heavy atom. The Morgan fingerprint density at radius 2 is 1.75 bits per heavy atom. The van der Waals surface area contributed by atoms with Crippen LogP contribution in [0.2, 0.25) is 0 Å². The minimum Gasteiger partial charge on any atom is -0.495 e. The molecule has 0 aromatic heterocycles. The second kappa shape index (κ2) is 11.1. The number of rotatable bonds is 10. The molecular formula is C26H38N2O3S. The molecule has 176 valence electrons. The third-order valence-corrected chi connectivity index (χ3v) is 9.29. The molecule has 0 spiro atoms. The standard InChI is InChI=1S/C26H38N2O3S/c1-6-31-24(29)18-9-7-8-12-19-27-25-20-14-10-11-17-23(20)32(4,5)28(2)26-21(25)15-13-16-22(26)30-3/h10-11,13-17,25,27H,6-9,12,18-19H2,1-5H3. The fourth-order valence-corrected chi connectivity index (χ4v) is 6.56. The number of hydrogen-bond acceptors (Lipinski definition) is 5. The SMILES string of the molecule is CCOC(=O)CCCCCCNC1c2ccccc2S(C)(C)N(C)c2c(OC)cccc21. The van der Waals surface area contributed by atoms with Crippen LogP contribution in [-0.4, -0.2) is 45.8 Å². The van der Waals surface area contributed by atoms with Gasteiger partial charge in [-0.2, -0.15) is 0 Å². The molecule has 2 aromatic rings. The van der Waals surface area contributed by atoms with Crippen LogP contribution in [0.1, 0.15) is 56.2 Å². The van der Waals surface area contributed by atoms with Crippen molar-refractivity contribution in [3.8, 4) is 5.75 Å². The van der Waals surface area contributed by atoms with E-state index in [1.165, 1.54) is 21.7 Å². The number of benzene rings is 2. The highest BCUT2D eigenvalue weighted by Gasteiger charge is 2.35. The van der Waals surface area contributed by atoms with Gasteiger partial charge in [-0.25, -0.2) is 0 Å². The van der Waals surface area contributed by atoms with Crippen LogP contribution in [0, 0.1) is 0 Å². The Bertz CT molecular complexity index is 916. The summed E-state index contributed by atoms with van der Waals surface area (Å²) in [4.78, 5) is 12.9. The Labute approximate surface area is 194 Å². The van der Waals surface area contributed by atoms with Crippen LogP contribution in [0.15, 0.2) is 47.4 Å². The molecule has 1 aliphatic heterocycles. The Hall–Kier alpha value is -2.18. The number of fused-ring (bicyclic) bond motifs is 2. The largest absolute Gasteiger partial charge is 0.495 e. The predicted molar refractivity (Wildman–Crippen MR) is 135 cm³/mol. The summed E-state index contributed by atoms with van der Waals surface area (Å²) in [6.07, 6.45) is 9.35. The maximum Gasteiger partial charge on any atom is 0.305 e. The molecule has 1 unspecified atom stereocenters. The number of esters is 1. The van der Waals surface area contributed by atoms with E-state index in [0.29, 0.717) is 13.0 Å². The quantitative estimate of drug-likeness (QED) is 0.367. The van der Waals surface area contributed by atoms with Crippen LogP contribution in [0.4, 0.5) is 5.69 Å². The van der Waals surface area contributed by atoms with Gasteiger partial charge in [0.1, 0.15) is 5.75 Å². The number of para-hydroxylation sites is 1. The number of carbonyl (C=O) groups is 1. The van der Waals surface area contributed by atoms with Gasteiger partial charge in [0.2, 0.25) is 0 Å². The molecule has 5 nitrogen and oxygen atoms in total. The Morgan fingerprint density at radius 3 is 2.50 bits per heavy atom. The van der Waals surface area contributed by atoms with Gasteiger partial charge in [-0.1, -0.05) is 43.2 Å². The fourth-order valence-electron chi connectivity index (χ4n) is 4.44. The second-order valence-electron chi connectivity index (χ2n) is 8.56. The number of ether oxygens (including phenoxy) is 2. The highest BCUT2D eigenvalue weighted by Crippen LogP contribution is 2.61. The van der Waals surface area contributed by atoms with Crippen LogP contribution in [-0.2, 0) is 9.53 Å². The first-order valence-corrected chi connectivity index (χ1v) is 13.9. The summed E-state index contributed by atoms with van der Waals surface area (Å²) in [5.41, 5.74) is 3.80. The molecule has 0 bridgehead atoms. The normalized spacial score (nSPS) is 17.7. The summed E-state index contributed by atoms with van der Waals surface area (Å²) in [6, 6.07) is 15.3. The number of anilines is 1. The van der Waals surface area contributed by atoms with Crippen molar-refractivity contribution in [2.75, 3.05) is 44.1 Å². The van der Waals surface area contributed by atoms with Crippen molar-refractivity contribution >= 4 is 21.9 Å². The number of methoxy groups -OCH3 is 1. The van der Waals surface area contributed by atoms with Crippen LogP contribution in [0.25, 0.3) is 0 Å². The average molecular weight is 459 g/mol. The van der Waals surface area contributed by atoms with Gasteiger partial charge in [-0.05, 0) is 56.5 Å². The molecule has 0 amide bonds. The maximum atomic E-state index is 11.5. The lowest BCUT2D eigenvalue weighted by atomic mass is 9.96. The van der Waals surface area contributed by atoms with E-state index in [4.69, 9.17) is 9.47 Å². The monoisotopic (exact) mass is 458 g/mol. The molecule has 1 atom stereocenters. The molecule has 0 saturated carbocycles. The molecule has 3 rings (SSSR count). The van der Waals surface area contributed by atoms with Crippen molar-refractivity contribution in [3.05, 3.63) is 53.6 Å². The van der Waals surface area contributed by atoms with E-state index in [2.05, 4.69) is 71.6 Å². The molecule has 2 aromatic carbocycles. The van der Waals surface area contributed by atoms with Crippen LogP contribution >= 0.6 is 10.2 Å². The lowest BCUT2D eigenvalue weighted by Gasteiger charge is -2.43. The molecule has 0 aliphatic carbocycles. The van der Waals surface area contributed by atoms with Gasteiger partial charge >= 0.3 is 5.97 Å². The van der Waals surface area contributed by atoms with E-state index in [0.717, 1.165) is 38.0 Å². The van der Waals surface area contributed by atoms with Crippen molar-refractivity contribution < 1.29 is 14.3 Å². The molecular weight excluding hydrogens is 420 g/mol. The number of unbranched alkanes of at least 4 members (excludes halogenated alkanes) is 3. The first-order chi connectivity index (χ1) is 15.4. The lowest BCUT2D eigenvalue weighted by Crippen LogP contribution is -2.24. The van der Waals surface area contributed by atoms with Gasteiger partial charge in [-0.3, -0.25) is 4.79 Å². The smallest absolute Gasteiger partial charge is 0.305 e. The summed E-state index contributed by atoms with van der Waals surface area (Å²) in [7, 11) is 2.72. The molecule has 0 radical (unpaired) electrons. The van der Waals surface area contributed by atoms with Crippen molar-refractivity contribution in [3.63, 3.8) is 0 Å². The molecule has 32 heavy (non-hydrogen) atoms. The average Bonchev–Trinajstić information content (AvgIpc) is 2.86. The van der Waals surface area contributed by atoms with Crippen molar-refractivity contribution in [1.82, 2.24) is 5.32 Å². The topological polar surface area (TPSA) is 50.8 Å². The van der Waals surface area contributed by atoms with E-state index in [-0.39, 0.29) is 12.0 Å². The number of hydrogen-bond donors (Lipinski definition) is 1. The zero-order valence-corrected chi connectivity index (χ0v) is 21.0. The van der Waals surface area contributed by atoms with E-state index >= 15 is 0 Å². The van der Waals surface area contributed by atoms with E-state index in [9.17, 15) is 4.79 Å². The zero-order chi connectivity index (χ0) is 23.1. The highest BCUT2D eigenvalue weighted by atomic mass is 32.3. The van der Waals surface area contributed by atoms with Gasteiger partial charge in [0, 0.05) is 23.9 Å². The summed E-state index contributed by atoms with van der Waals surface area (Å²) >= 11 is 0. The molecule has 1 N–H and O–H groups in total. The number of nitrogens with zero attached hydrogens (tertiary/aromatic N) is 1. The minimum atomic E-state index is -1.22. The lowest BCUT2D eigenvalue weighted by molar-refractivity contribution is -0.143. The summed E-state index contributed by atoms with van der Waals surface area (Å²) in [5.74, 6) is 0.838. The maximum absolute atomic E-state index is 11.5. The van der Waals surface area contributed by atoms with Gasteiger partial charge in [-0.15, -0.1) is 10.2 Å². The first kappa shape index (κ1) is 24.5. The van der Waals surface area contributed by atoms with Crippen molar-refractivity contribution in [1.29, 1.82) is 0 Å². The number of carbonyl (C=O) groups excluding carboxylic acids is 1. The van der Waals surface area contributed by atoms with Gasteiger partial charge < -0.3 is 19.1 Å². The zero-order valence-electron chi connectivity index (χ0n) is 20.1. The second-order valence-corrected chi connectivity index (χ2v) is 12.1. The van der Waals surface area contributed by atoms with Gasteiger partial charge in [0.25, 0.3) is 0 Å². The molecule has 1 heterocycles. The molecule has 0 saturated heterocycles. The first-order valence-electron chi connectivity index (χ1n) is 11.5. The Balaban J connectivity index is 1.76. The van der Waals surface area contributed by atoms with Crippen molar-refractivity contribution in [2.24, 2.45) is 0 Å². The Kier molecular flexibility index (Phi) is 8.49. The van der Waals surface area contributed by atoms with E-state index < -0.39 is 10.2 Å². The third-order valence-electron chi connectivity index (χ3n) is 6.29. The molecule has 1 aliphatic rings. The third kappa shape index (κ3) is 5.24. The number of nitrogens with one attached hydrogen (secondary N) is 1. The molecule has 0 fully saturated rings. The summed E-state index contributed by atoms with van der Waals surface area (Å²) in [6.45, 7) is 3.24. The fraction of sp³-hybridized carbons (Fsp3) is 0.500. The van der Waals surface area contributed by atoms with Crippen LogP contribution < -0.4 is 14.4 Å². The van der Waals surface area contributed by atoms with Crippen LogP contribution in [0.5, 0.6) is 5.75 Å². The summed E-state index contributed by atoms with van der Waals surface area (Å²) < 4.78 is 13.2. The van der Waals surface area contributed by atoms with Gasteiger partial charge in [0.15, 0.2) is 0 Å². The van der Waals surface area contributed by atoms with Crippen LogP contribution in [0.3, 0.4) is 0 Å².